The summed E-state index contributed by atoms with van der Waals surface area (Å²) in [7, 11) is 0. The molecule has 21 heavy (non-hydrogen) atoms. The standard InChI is InChI=1S/C18H19N3/c1-18(2,3)15-11-9-14(10-12-15)17-19-13-21(20-17)16-7-5-4-6-8-16/h4-13H,1-3H3. The van der Waals surface area contributed by atoms with Crippen LogP contribution in [0.4, 0.5) is 0 Å². The van der Waals surface area contributed by atoms with Gasteiger partial charge in [0.05, 0.1) is 5.69 Å². The van der Waals surface area contributed by atoms with Crippen molar-refractivity contribution in [1.29, 1.82) is 0 Å². The van der Waals surface area contributed by atoms with Crippen LogP contribution in [-0.2, 0) is 5.41 Å². The molecule has 0 saturated heterocycles. The summed E-state index contributed by atoms with van der Waals surface area (Å²) in [5.74, 6) is 0.749. The predicted octanol–water partition coefficient (Wildman–Crippen LogP) is 4.23. The molecular formula is C18H19N3. The van der Waals surface area contributed by atoms with Crippen molar-refractivity contribution in [2.24, 2.45) is 0 Å². The first-order valence-electron chi connectivity index (χ1n) is 7.12. The van der Waals surface area contributed by atoms with Crippen LogP contribution in [-0.4, -0.2) is 14.8 Å². The number of nitrogens with zero attached hydrogens (tertiary/aromatic N) is 3. The van der Waals surface area contributed by atoms with Crippen LogP contribution in [0.15, 0.2) is 60.9 Å². The fraction of sp³-hybridized carbons (Fsp3) is 0.222. The maximum Gasteiger partial charge on any atom is 0.181 e. The second kappa shape index (κ2) is 5.17. The van der Waals surface area contributed by atoms with Gasteiger partial charge >= 0.3 is 0 Å². The molecule has 0 bridgehead atoms. The zero-order valence-corrected chi connectivity index (χ0v) is 12.6. The van der Waals surface area contributed by atoms with Gasteiger partial charge in [-0.3, -0.25) is 0 Å². The van der Waals surface area contributed by atoms with E-state index in [0.717, 1.165) is 17.1 Å². The fourth-order valence-electron chi connectivity index (χ4n) is 2.22. The fourth-order valence-corrected chi connectivity index (χ4v) is 2.22. The van der Waals surface area contributed by atoms with Gasteiger partial charge in [0, 0.05) is 5.56 Å². The Morgan fingerprint density at radius 1 is 0.857 bits per heavy atom. The van der Waals surface area contributed by atoms with Crippen molar-refractivity contribution in [3.63, 3.8) is 0 Å². The van der Waals surface area contributed by atoms with Crippen LogP contribution >= 0.6 is 0 Å². The summed E-state index contributed by atoms with van der Waals surface area (Å²) >= 11 is 0. The molecule has 2 aromatic carbocycles. The van der Waals surface area contributed by atoms with Gasteiger partial charge in [0.1, 0.15) is 6.33 Å². The molecule has 0 saturated carbocycles. The van der Waals surface area contributed by atoms with E-state index < -0.39 is 0 Å². The van der Waals surface area contributed by atoms with E-state index in [1.165, 1.54) is 5.56 Å². The summed E-state index contributed by atoms with van der Waals surface area (Å²) in [6.07, 6.45) is 1.75. The van der Waals surface area contributed by atoms with E-state index in [2.05, 4.69) is 55.1 Å². The second-order valence-electron chi connectivity index (χ2n) is 6.18. The van der Waals surface area contributed by atoms with Gasteiger partial charge in [0.2, 0.25) is 0 Å². The number of benzene rings is 2. The Morgan fingerprint density at radius 2 is 1.52 bits per heavy atom. The largest absolute Gasteiger partial charge is 0.220 e. The quantitative estimate of drug-likeness (QED) is 0.701. The molecule has 0 amide bonds. The molecule has 3 aromatic rings. The lowest BCUT2D eigenvalue weighted by Gasteiger charge is -2.18. The minimum Gasteiger partial charge on any atom is -0.220 e. The summed E-state index contributed by atoms with van der Waals surface area (Å²) < 4.78 is 1.80. The third-order valence-electron chi connectivity index (χ3n) is 3.52. The molecule has 3 rings (SSSR count). The number of para-hydroxylation sites is 1. The molecule has 106 valence electrons. The molecule has 0 unspecified atom stereocenters. The lowest BCUT2D eigenvalue weighted by Crippen LogP contribution is -2.10. The summed E-state index contributed by atoms with van der Waals surface area (Å²) in [5, 5.41) is 4.55. The van der Waals surface area contributed by atoms with Gasteiger partial charge in [-0.25, -0.2) is 9.67 Å². The molecular weight excluding hydrogens is 258 g/mol. The highest BCUT2D eigenvalue weighted by Gasteiger charge is 2.13. The zero-order valence-electron chi connectivity index (χ0n) is 12.6. The Kier molecular flexibility index (Phi) is 3.34. The zero-order chi connectivity index (χ0) is 14.9. The Labute approximate surface area is 125 Å². The van der Waals surface area contributed by atoms with Crippen LogP contribution in [0.25, 0.3) is 17.1 Å². The van der Waals surface area contributed by atoms with Gasteiger partial charge in [0.15, 0.2) is 5.82 Å². The molecule has 0 aliphatic heterocycles. The average molecular weight is 277 g/mol. The SMILES string of the molecule is CC(C)(C)c1ccc(-c2ncn(-c3ccccc3)n2)cc1. The van der Waals surface area contributed by atoms with E-state index >= 15 is 0 Å². The third kappa shape index (κ3) is 2.87. The summed E-state index contributed by atoms with van der Waals surface area (Å²) in [4.78, 5) is 4.41. The highest BCUT2D eigenvalue weighted by atomic mass is 15.3. The van der Waals surface area contributed by atoms with Crippen LogP contribution in [0, 0.1) is 0 Å². The molecule has 0 aliphatic carbocycles. The van der Waals surface area contributed by atoms with E-state index in [1.54, 1.807) is 11.0 Å². The molecule has 1 heterocycles. The first-order valence-corrected chi connectivity index (χ1v) is 7.12. The molecule has 3 nitrogen and oxygen atoms in total. The van der Waals surface area contributed by atoms with Crippen molar-refractivity contribution in [2.45, 2.75) is 26.2 Å². The number of rotatable bonds is 2. The molecule has 0 spiro atoms. The van der Waals surface area contributed by atoms with Gasteiger partial charge in [-0.2, -0.15) is 0 Å². The number of aromatic nitrogens is 3. The van der Waals surface area contributed by atoms with Crippen molar-refractivity contribution >= 4 is 0 Å². The molecule has 3 heteroatoms. The maximum atomic E-state index is 4.55. The molecule has 0 N–H and O–H groups in total. The summed E-state index contributed by atoms with van der Waals surface area (Å²) in [6, 6.07) is 18.5. The number of hydrogen-bond acceptors (Lipinski definition) is 2. The lowest BCUT2D eigenvalue weighted by atomic mass is 9.87. The normalized spacial score (nSPS) is 11.6. The van der Waals surface area contributed by atoms with Crippen LogP contribution < -0.4 is 0 Å². The highest BCUT2D eigenvalue weighted by Crippen LogP contribution is 2.24. The maximum absolute atomic E-state index is 4.55. The summed E-state index contributed by atoms with van der Waals surface area (Å²) in [5.41, 5.74) is 3.53. The molecule has 1 aromatic heterocycles. The van der Waals surface area contributed by atoms with E-state index in [4.69, 9.17) is 0 Å². The minimum atomic E-state index is 0.162. The highest BCUT2D eigenvalue weighted by molar-refractivity contribution is 5.55. The Morgan fingerprint density at radius 3 is 2.14 bits per heavy atom. The van der Waals surface area contributed by atoms with Crippen molar-refractivity contribution in [1.82, 2.24) is 14.8 Å². The molecule has 0 radical (unpaired) electrons. The van der Waals surface area contributed by atoms with E-state index in [9.17, 15) is 0 Å². The molecule has 0 atom stereocenters. The van der Waals surface area contributed by atoms with E-state index in [1.807, 2.05) is 30.3 Å². The average Bonchev–Trinajstić information content (AvgIpc) is 2.97. The van der Waals surface area contributed by atoms with Gasteiger partial charge in [-0.15, -0.1) is 5.10 Å². The molecule has 0 aliphatic rings. The number of hydrogen-bond donors (Lipinski definition) is 0. The van der Waals surface area contributed by atoms with Crippen LogP contribution in [0.3, 0.4) is 0 Å². The second-order valence-corrected chi connectivity index (χ2v) is 6.18. The van der Waals surface area contributed by atoms with Crippen LogP contribution in [0.5, 0.6) is 0 Å². The van der Waals surface area contributed by atoms with E-state index in [-0.39, 0.29) is 5.41 Å². The molecule has 0 fully saturated rings. The van der Waals surface area contributed by atoms with Gasteiger partial charge < -0.3 is 0 Å². The van der Waals surface area contributed by atoms with E-state index in [0.29, 0.717) is 0 Å². The Bertz CT molecular complexity index is 719. The first-order chi connectivity index (χ1) is 10.0. The van der Waals surface area contributed by atoms with Gasteiger partial charge in [-0.1, -0.05) is 63.2 Å². The monoisotopic (exact) mass is 277 g/mol. The van der Waals surface area contributed by atoms with Crippen LogP contribution in [0.1, 0.15) is 26.3 Å². The smallest absolute Gasteiger partial charge is 0.181 e. The first kappa shape index (κ1) is 13.6. The topological polar surface area (TPSA) is 30.7 Å². The van der Waals surface area contributed by atoms with Gasteiger partial charge in [-0.05, 0) is 23.1 Å². The Hall–Kier alpha value is -2.42. The predicted molar refractivity (Wildman–Crippen MR) is 85.5 cm³/mol. The minimum absolute atomic E-state index is 0.162. The van der Waals surface area contributed by atoms with Crippen LogP contribution in [0.2, 0.25) is 0 Å². The van der Waals surface area contributed by atoms with Crippen molar-refractivity contribution < 1.29 is 0 Å². The van der Waals surface area contributed by atoms with Crippen molar-refractivity contribution in [2.75, 3.05) is 0 Å². The summed E-state index contributed by atoms with van der Waals surface area (Å²) in [6.45, 7) is 6.64. The van der Waals surface area contributed by atoms with Gasteiger partial charge in [0.25, 0.3) is 0 Å². The van der Waals surface area contributed by atoms with Crippen molar-refractivity contribution in [3.05, 3.63) is 66.5 Å². The Balaban J connectivity index is 1.90. The third-order valence-corrected chi connectivity index (χ3v) is 3.52. The van der Waals surface area contributed by atoms with Crippen molar-refractivity contribution in [3.8, 4) is 17.1 Å². The lowest BCUT2D eigenvalue weighted by molar-refractivity contribution is 0.590.